The number of pyridine rings is 1. The molecule has 0 saturated carbocycles. The number of ether oxygens (including phenoxy) is 1. The van der Waals surface area contributed by atoms with Gasteiger partial charge in [0.2, 0.25) is 5.91 Å². The number of hydrogen-bond donors (Lipinski definition) is 2. The fraction of sp³-hybridized carbons (Fsp3) is 0.333. The molecule has 1 unspecified atom stereocenters. The van der Waals surface area contributed by atoms with Gasteiger partial charge in [-0.2, -0.15) is 0 Å². The van der Waals surface area contributed by atoms with E-state index in [2.05, 4.69) is 56.1 Å². The van der Waals surface area contributed by atoms with Gasteiger partial charge < -0.3 is 19.9 Å². The Morgan fingerprint density at radius 1 is 1.11 bits per heavy atom. The molecule has 1 aromatic carbocycles. The van der Waals surface area contributed by atoms with Gasteiger partial charge in [0.15, 0.2) is 0 Å². The number of nitrogens with one attached hydrogen (secondary N) is 2. The third-order valence-corrected chi connectivity index (χ3v) is 6.57. The molecule has 180 valence electrons. The molecule has 1 fully saturated rings. The van der Waals surface area contributed by atoms with Gasteiger partial charge in [-0.15, -0.1) is 0 Å². The van der Waals surface area contributed by atoms with Gasteiger partial charge in [-0.1, -0.05) is 32.0 Å². The third-order valence-electron chi connectivity index (χ3n) is 6.57. The summed E-state index contributed by atoms with van der Waals surface area (Å²) in [6.07, 6.45) is 4.78. The molecule has 0 radical (unpaired) electrons. The summed E-state index contributed by atoms with van der Waals surface area (Å²) in [5, 5.41) is 3.96. The smallest absolute Gasteiger partial charge is 0.230 e. The summed E-state index contributed by atoms with van der Waals surface area (Å²) in [6, 6.07) is 13.9. The monoisotopic (exact) mass is 470 g/mol. The molecule has 8 nitrogen and oxygen atoms in total. The van der Waals surface area contributed by atoms with E-state index >= 15 is 0 Å². The van der Waals surface area contributed by atoms with E-state index in [1.807, 2.05) is 36.5 Å². The number of carbonyl (C=O) groups is 1. The van der Waals surface area contributed by atoms with Crippen LogP contribution in [-0.4, -0.2) is 52.1 Å². The van der Waals surface area contributed by atoms with Crippen LogP contribution < -0.4 is 10.2 Å². The topological polar surface area (TPSA) is 96.0 Å². The maximum absolute atomic E-state index is 12.5. The number of benzene rings is 1. The number of rotatable bonds is 7. The highest BCUT2D eigenvalue weighted by Gasteiger charge is 2.17. The van der Waals surface area contributed by atoms with E-state index in [-0.39, 0.29) is 12.3 Å². The predicted molar refractivity (Wildman–Crippen MR) is 138 cm³/mol. The maximum atomic E-state index is 12.5. The minimum Gasteiger partial charge on any atom is -0.378 e. The molecule has 1 aliphatic heterocycles. The molecule has 2 N–H and O–H groups in total. The fourth-order valence-electron chi connectivity index (χ4n) is 4.28. The van der Waals surface area contributed by atoms with Crippen LogP contribution in [-0.2, 0) is 16.0 Å². The van der Waals surface area contributed by atoms with Crippen LogP contribution in [0.5, 0.6) is 0 Å². The SMILES string of the molecule is CCC(C)c1ccc(CC(=O)Nc2ccc(-c3cc4c(N5CCOCC5)ncnc4[nH]3)cc2)nc1. The number of carbonyl (C=O) groups excluding carboxylic acids is 1. The van der Waals surface area contributed by atoms with Crippen molar-refractivity contribution in [1.82, 2.24) is 19.9 Å². The summed E-state index contributed by atoms with van der Waals surface area (Å²) in [5.74, 6) is 1.31. The van der Waals surface area contributed by atoms with E-state index < -0.39 is 0 Å². The molecule has 3 aromatic heterocycles. The van der Waals surface area contributed by atoms with Crippen LogP contribution in [0, 0.1) is 0 Å². The molecule has 1 aliphatic rings. The summed E-state index contributed by atoms with van der Waals surface area (Å²) < 4.78 is 5.47. The van der Waals surface area contributed by atoms with Crippen molar-refractivity contribution in [1.29, 1.82) is 0 Å². The molecule has 4 aromatic rings. The number of aromatic amines is 1. The van der Waals surface area contributed by atoms with Crippen molar-refractivity contribution in [2.75, 3.05) is 36.5 Å². The summed E-state index contributed by atoms with van der Waals surface area (Å²) in [7, 11) is 0. The molecule has 0 bridgehead atoms. The highest BCUT2D eigenvalue weighted by molar-refractivity contribution is 5.93. The Morgan fingerprint density at radius 3 is 2.63 bits per heavy atom. The van der Waals surface area contributed by atoms with Gasteiger partial charge in [0.05, 0.1) is 25.0 Å². The average molecular weight is 471 g/mol. The average Bonchev–Trinajstić information content (AvgIpc) is 3.34. The van der Waals surface area contributed by atoms with Crippen molar-refractivity contribution < 1.29 is 9.53 Å². The van der Waals surface area contributed by atoms with E-state index in [4.69, 9.17) is 4.74 Å². The Balaban J connectivity index is 1.26. The first-order valence-electron chi connectivity index (χ1n) is 12.1. The molecule has 4 heterocycles. The van der Waals surface area contributed by atoms with Crippen molar-refractivity contribution in [2.24, 2.45) is 0 Å². The van der Waals surface area contributed by atoms with E-state index in [9.17, 15) is 4.79 Å². The minimum atomic E-state index is -0.0856. The van der Waals surface area contributed by atoms with Crippen molar-refractivity contribution in [3.05, 3.63) is 66.2 Å². The second kappa shape index (κ2) is 10.2. The van der Waals surface area contributed by atoms with E-state index in [0.29, 0.717) is 19.1 Å². The molecule has 1 atom stereocenters. The number of amides is 1. The van der Waals surface area contributed by atoms with Crippen LogP contribution in [0.3, 0.4) is 0 Å². The number of anilines is 2. The first-order chi connectivity index (χ1) is 17.1. The molecular weight excluding hydrogens is 440 g/mol. The van der Waals surface area contributed by atoms with Gasteiger partial charge in [0.25, 0.3) is 0 Å². The van der Waals surface area contributed by atoms with Crippen molar-refractivity contribution in [3.8, 4) is 11.3 Å². The Labute approximate surface area is 204 Å². The largest absolute Gasteiger partial charge is 0.378 e. The maximum Gasteiger partial charge on any atom is 0.230 e. The van der Waals surface area contributed by atoms with Gasteiger partial charge >= 0.3 is 0 Å². The highest BCUT2D eigenvalue weighted by atomic mass is 16.5. The van der Waals surface area contributed by atoms with Crippen molar-refractivity contribution in [2.45, 2.75) is 32.6 Å². The Hall–Kier alpha value is -3.78. The lowest BCUT2D eigenvalue weighted by Crippen LogP contribution is -2.36. The van der Waals surface area contributed by atoms with Crippen LogP contribution in [0.4, 0.5) is 11.5 Å². The molecule has 0 aliphatic carbocycles. The highest BCUT2D eigenvalue weighted by Crippen LogP contribution is 2.29. The fourth-order valence-corrected chi connectivity index (χ4v) is 4.28. The van der Waals surface area contributed by atoms with Crippen molar-refractivity contribution in [3.63, 3.8) is 0 Å². The summed E-state index contributed by atoms with van der Waals surface area (Å²) in [6.45, 7) is 7.38. The summed E-state index contributed by atoms with van der Waals surface area (Å²) >= 11 is 0. The van der Waals surface area contributed by atoms with E-state index in [0.717, 1.165) is 59.0 Å². The standard InChI is InChI=1S/C27H30N6O2/c1-3-18(2)20-6-9-22(28-16-20)14-25(34)31-21-7-4-19(5-8-21)24-15-23-26(32-24)29-17-30-27(23)33-10-12-35-13-11-33/h4-9,15-18H,3,10-14H2,1-2H3,(H,31,34)(H,29,30,32). The lowest BCUT2D eigenvalue weighted by atomic mass is 10.0. The molecule has 5 rings (SSSR count). The van der Waals surface area contributed by atoms with Crippen LogP contribution >= 0.6 is 0 Å². The number of hydrogen-bond acceptors (Lipinski definition) is 6. The van der Waals surface area contributed by atoms with Crippen molar-refractivity contribution >= 4 is 28.4 Å². The first-order valence-corrected chi connectivity index (χ1v) is 12.1. The molecule has 35 heavy (non-hydrogen) atoms. The van der Waals surface area contributed by atoms with Gasteiger partial charge in [0, 0.05) is 36.4 Å². The van der Waals surface area contributed by atoms with Gasteiger partial charge in [-0.25, -0.2) is 9.97 Å². The minimum absolute atomic E-state index is 0.0856. The lowest BCUT2D eigenvalue weighted by molar-refractivity contribution is -0.115. The van der Waals surface area contributed by atoms with Crippen LogP contribution in [0.1, 0.15) is 37.4 Å². The number of morpholine rings is 1. The third kappa shape index (κ3) is 5.17. The second-order valence-electron chi connectivity index (χ2n) is 8.94. The van der Waals surface area contributed by atoms with Gasteiger partial charge in [-0.05, 0) is 47.7 Å². The zero-order chi connectivity index (χ0) is 24.2. The van der Waals surface area contributed by atoms with Crippen LogP contribution in [0.15, 0.2) is 55.0 Å². The van der Waals surface area contributed by atoms with Gasteiger partial charge in [-0.3, -0.25) is 9.78 Å². The summed E-state index contributed by atoms with van der Waals surface area (Å²) in [4.78, 5) is 31.6. The molecule has 0 spiro atoms. The Morgan fingerprint density at radius 2 is 1.91 bits per heavy atom. The Kier molecular flexibility index (Phi) is 6.72. The number of fused-ring (bicyclic) bond motifs is 1. The normalized spacial score (nSPS) is 14.7. The zero-order valence-corrected chi connectivity index (χ0v) is 20.1. The van der Waals surface area contributed by atoms with E-state index in [1.165, 1.54) is 5.56 Å². The molecular formula is C27H30N6O2. The number of aromatic nitrogens is 4. The molecule has 1 saturated heterocycles. The molecule has 1 amide bonds. The lowest BCUT2D eigenvalue weighted by Gasteiger charge is -2.27. The van der Waals surface area contributed by atoms with E-state index in [1.54, 1.807) is 6.33 Å². The Bertz CT molecular complexity index is 1290. The van der Waals surface area contributed by atoms with Crippen LogP contribution in [0.25, 0.3) is 22.3 Å². The zero-order valence-electron chi connectivity index (χ0n) is 20.1. The van der Waals surface area contributed by atoms with Gasteiger partial charge in [0.1, 0.15) is 17.8 Å². The van der Waals surface area contributed by atoms with Crippen LogP contribution in [0.2, 0.25) is 0 Å². The second-order valence-corrected chi connectivity index (χ2v) is 8.94. The first kappa shape index (κ1) is 23.0. The summed E-state index contributed by atoms with van der Waals surface area (Å²) in [5.41, 5.74) is 5.49. The quantitative estimate of drug-likeness (QED) is 0.411. The number of nitrogens with zero attached hydrogens (tertiary/aromatic N) is 4. The predicted octanol–water partition coefficient (Wildman–Crippen LogP) is 4.55. The molecule has 8 heteroatoms. The number of H-pyrrole nitrogens is 1.